The van der Waals surface area contributed by atoms with Crippen LogP contribution in [0.25, 0.3) is 0 Å². The van der Waals surface area contributed by atoms with Crippen LogP contribution in [0.4, 0.5) is 5.69 Å². The van der Waals surface area contributed by atoms with Gasteiger partial charge in [-0.1, -0.05) is 40.2 Å². The molecule has 0 aliphatic carbocycles. The van der Waals surface area contributed by atoms with Crippen molar-refractivity contribution in [2.45, 2.75) is 17.6 Å². The summed E-state index contributed by atoms with van der Waals surface area (Å²) in [6.07, 6.45) is 0. The first-order valence-corrected chi connectivity index (χ1v) is 8.56. The minimum Gasteiger partial charge on any atom is -0.322 e. The van der Waals surface area contributed by atoms with Crippen LogP contribution in [0.3, 0.4) is 0 Å². The number of carbonyl (C=O) groups excluding carboxylic acids is 1. The molecule has 116 valence electrons. The second-order valence-electron chi connectivity index (χ2n) is 4.76. The summed E-state index contributed by atoms with van der Waals surface area (Å²) in [6.45, 7) is 1.96. The zero-order valence-corrected chi connectivity index (χ0v) is 14.7. The number of carbonyl (C=O) groups is 1. The number of nitrogens with two attached hydrogens (primary N) is 2. The molecule has 0 aromatic heterocycles. The summed E-state index contributed by atoms with van der Waals surface area (Å²) in [6, 6.07) is 13.8. The van der Waals surface area contributed by atoms with E-state index in [2.05, 4.69) is 35.0 Å². The minimum atomic E-state index is -0.319. The molecule has 0 radical (unpaired) electrons. The van der Waals surface area contributed by atoms with E-state index in [1.54, 1.807) is 11.8 Å². The van der Waals surface area contributed by atoms with E-state index in [1.165, 1.54) is 10.5 Å². The van der Waals surface area contributed by atoms with Crippen LogP contribution in [0.5, 0.6) is 0 Å². The van der Waals surface area contributed by atoms with Gasteiger partial charge < -0.3 is 5.73 Å². The number of benzene rings is 2. The van der Waals surface area contributed by atoms with E-state index in [1.807, 2.05) is 30.3 Å². The average molecular weight is 380 g/mol. The number of hydrogen-bond donors (Lipinski definition) is 2. The van der Waals surface area contributed by atoms with Crippen molar-refractivity contribution in [1.29, 1.82) is 0 Å². The first kappa shape index (κ1) is 17.0. The number of amides is 1. The molecule has 0 fully saturated rings. The van der Waals surface area contributed by atoms with E-state index in [4.69, 9.17) is 11.6 Å². The van der Waals surface area contributed by atoms with E-state index in [0.29, 0.717) is 11.4 Å². The fourth-order valence-corrected chi connectivity index (χ4v) is 3.77. The largest absolute Gasteiger partial charge is 0.322 e. The molecule has 0 spiro atoms. The Hall–Kier alpha value is -1.34. The lowest BCUT2D eigenvalue weighted by Crippen LogP contribution is -2.42. The molecule has 0 saturated heterocycles. The smallest absolute Gasteiger partial charge is 0.254 e. The zero-order valence-electron chi connectivity index (χ0n) is 12.3. The normalized spacial score (nSPS) is 10.5. The molecular weight excluding hydrogens is 362 g/mol. The molecule has 2 aromatic carbocycles. The van der Waals surface area contributed by atoms with Gasteiger partial charge in [0, 0.05) is 20.7 Å². The molecule has 0 unspecified atom stereocenters. The van der Waals surface area contributed by atoms with Crippen LogP contribution < -0.4 is 16.6 Å². The quantitative estimate of drug-likeness (QED) is 0.362. The summed E-state index contributed by atoms with van der Waals surface area (Å²) >= 11 is 5.25. The first-order chi connectivity index (χ1) is 10.5. The molecule has 2 rings (SSSR count). The Balaban J connectivity index is 2.27. The minimum absolute atomic E-state index is 0.118. The maximum atomic E-state index is 11.8. The van der Waals surface area contributed by atoms with Gasteiger partial charge in [-0.2, -0.15) is 0 Å². The number of anilines is 1. The summed E-state index contributed by atoms with van der Waals surface area (Å²) < 4.78 is 0.923. The molecule has 6 heteroatoms. The van der Waals surface area contributed by atoms with Crippen LogP contribution in [-0.4, -0.2) is 12.5 Å². The Bertz CT molecular complexity index is 678. The van der Waals surface area contributed by atoms with Crippen LogP contribution >= 0.6 is 27.7 Å². The molecule has 0 heterocycles. The van der Waals surface area contributed by atoms with Crippen LogP contribution in [0.2, 0.25) is 0 Å². The summed E-state index contributed by atoms with van der Waals surface area (Å²) in [5.41, 5.74) is 8.27. The number of hydrazine groups is 1. The second kappa shape index (κ2) is 7.78. The van der Waals surface area contributed by atoms with Crippen molar-refractivity contribution in [3.8, 4) is 0 Å². The van der Waals surface area contributed by atoms with Gasteiger partial charge in [-0.15, -0.1) is 11.8 Å². The molecule has 22 heavy (non-hydrogen) atoms. The summed E-state index contributed by atoms with van der Waals surface area (Å²) in [5, 5.41) is 1.12. The Labute approximate surface area is 143 Å². The SMILES string of the molecule is Cc1ccccc1SCc1c(Br)cccc1N(N)C(=O)CN. The predicted octanol–water partition coefficient (Wildman–Crippen LogP) is 3.22. The van der Waals surface area contributed by atoms with E-state index in [0.717, 1.165) is 15.0 Å². The third-order valence-electron chi connectivity index (χ3n) is 3.26. The van der Waals surface area contributed by atoms with Crippen LogP contribution in [0.1, 0.15) is 11.1 Å². The van der Waals surface area contributed by atoms with E-state index >= 15 is 0 Å². The first-order valence-electron chi connectivity index (χ1n) is 6.78. The molecule has 4 N–H and O–H groups in total. The number of rotatable bonds is 5. The lowest BCUT2D eigenvalue weighted by molar-refractivity contribution is -0.117. The van der Waals surface area contributed by atoms with Crippen LogP contribution in [0, 0.1) is 6.92 Å². The molecule has 0 atom stereocenters. The van der Waals surface area contributed by atoms with Crippen LogP contribution in [-0.2, 0) is 10.5 Å². The highest BCUT2D eigenvalue weighted by Gasteiger charge is 2.16. The Morgan fingerprint density at radius 3 is 2.64 bits per heavy atom. The molecular formula is C16H18BrN3OS. The predicted molar refractivity (Wildman–Crippen MR) is 95.6 cm³/mol. The van der Waals surface area contributed by atoms with Gasteiger partial charge in [-0.3, -0.25) is 4.79 Å². The summed E-state index contributed by atoms with van der Waals surface area (Å²) in [5.74, 6) is 6.27. The molecule has 0 aliphatic rings. The van der Waals surface area contributed by atoms with E-state index < -0.39 is 0 Å². The van der Waals surface area contributed by atoms with Crippen LogP contribution in [0.15, 0.2) is 51.8 Å². The van der Waals surface area contributed by atoms with Crippen molar-refractivity contribution in [2.24, 2.45) is 11.6 Å². The fourth-order valence-electron chi connectivity index (χ4n) is 2.02. The molecule has 4 nitrogen and oxygen atoms in total. The van der Waals surface area contributed by atoms with Gasteiger partial charge >= 0.3 is 0 Å². The standard InChI is InChI=1S/C16H18BrN3OS/c1-11-5-2-3-8-15(11)22-10-12-13(17)6-4-7-14(12)20(19)16(21)9-18/h2-8H,9-10,18-19H2,1H3. The topological polar surface area (TPSA) is 72.3 Å². The maximum Gasteiger partial charge on any atom is 0.254 e. The van der Waals surface area contributed by atoms with Gasteiger partial charge in [0.2, 0.25) is 0 Å². The van der Waals surface area contributed by atoms with Gasteiger partial charge in [0.05, 0.1) is 12.2 Å². The molecule has 0 saturated carbocycles. The van der Waals surface area contributed by atoms with Crippen molar-refractivity contribution >= 4 is 39.3 Å². The number of halogens is 1. The van der Waals surface area contributed by atoms with Crippen molar-refractivity contribution in [3.63, 3.8) is 0 Å². The number of thioether (sulfide) groups is 1. The fraction of sp³-hybridized carbons (Fsp3) is 0.188. The van der Waals surface area contributed by atoms with Crippen molar-refractivity contribution in [2.75, 3.05) is 11.6 Å². The highest BCUT2D eigenvalue weighted by molar-refractivity contribution is 9.10. The molecule has 0 bridgehead atoms. The monoisotopic (exact) mass is 379 g/mol. The third-order valence-corrected chi connectivity index (χ3v) is 5.21. The maximum absolute atomic E-state index is 11.8. The van der Waals surface area contributed by atoms with Gasteiger partial charge in [0.1, 0.15) is 0 Å². The highest BCUT2D eigenvalue weighted by Crippen LogP contribution is 2.34. The van der Waals surface area contributed by atoms with E-state index in [9.17, 15) is 4.79 Å². The Kier molecular flexibility index (Phi) is 6.02. The summed E-state index contributed by atoms with van der Waals surface area (Å²) in [7, 11) is 0. The molecule has 0 aliphatic heterocycles. The summed E-state index contributed by atoms with van der Waals surface area (Å²) in [4.78, 5) is 13.0. The van der Waals surface area contributed by atoms with Gasteiger partial charge in [-0.25, -0.2) is 10.9 Å². The Morgan fingerprint density at radius 1 is 1.23 bits per heavy atom. The lowest BCUT2D eigenvalue weighted by Gasteiger charge is -2.20. The number of hydrogen-bond acceptors (Lipinski definition) is 4. The van der Waals surface area contributed by atoms with E-state index in [-0.39, 0.29) is 12.5 Å². The number of aryl methyl sites for hydroxylation is 1. The molecule has 1 amide bonds. The van der Waals surface area contributed by atoms with Crippen molar-refractivity contribution in [1.82, 2.24) is 0 Å². The highest BCUT2D eigenvalue weighted by atomic mass is 79.9. The second-order valence-corrected chi connectivity index (χ2v) is 6.63. The van der Waals surface area contributed by atoms with Crippen molar-refractivity contribution in [3.05, 3.63) is 58.1 Å². The molecule has 2 aromatic rings. The average Bonchev–Trinajstić information content (AvgIpc) is 2.53. The van der Waals surface area contributed by atoms with Crippen molar-refractivity contribution < 1.29 is 4.79 Å². The van der Waals surface area contributed by atoms with Gasteiger partial charge in [-0.05, 0) is 30.7 Å². The zero-order chi connectivity index (χ0) is 16.1. The lowest BCUT2D eigenvalue weighted by atomic mass is 10.2. The Morgan fingerprint density at radius 2 is 1.95 bits per heavy atom. The number of nitrogens with zero attached hydrogens (tertiary/aromatic N) is 1. The van der Waals surface area contributed by atoms with Gasteiger partial charge in [0.25, 0.3) is 5.91 Å². The van der Waals surface area contributed by atoms with Gasteiger partial charge in [0.15, 0.2) is 0 Å². The third kappa shape index (κ3) is 3.89.